The van der Waals surface area contributed by atoms with E-state index in [0.29, 0.717) is 28.1 Å². The van der Waals surface area contributed by atoms with E-state index in [4.69, 9.17) is 0 Å². The Kier molecular flexibility index (Phi) is 4.36. The quantitative estimate of drug-likeness (QED) is 0.439. The van der Waals surface area contributed by atoms with Crippen LogP contribution in [0.15, 0.2) is 48.5 Å². The number of fused-ring (bicyclic) bond motifs is 1. The van der Waals surface area contributed by atoms with Crippen molar-refractivity contribution in [2.75, 3.05) is 12.4 Å². The predicted molar refractivity (Wildman–Crippen MR) is 106 cm³/mol. The normalized spacial score (nSPS) is 10.8. The van der Waals surface area contributed by atoms with Crippen molar-refractivity contribution >= 4 is 28.5 Å². The molecular weight excluding hydrogens is 356 g/mol. The second-order valence-electron chi connectivity index (χ2n) is 6.34. The third-order valence-corrected chi connectivity index (χ3v) is 4.33. The highest BCUT2D eigenvalue weighted by Gasteiger charge is 2.18. The highest BCUT2D eigenvalue weighted by Crippen LogP contribution is 2.26. The molecule has 8 heteroatoms. The van der Waals surface area contributed by atoms with Crippen LogP contribution >= 0.6 is 0 Å². The van der Waals surface area contributed by atoms with Crippen LogP contribution in [0.25, 0.3) is 22.4 Å². The van der Waals surface area contributed by atoms with Crippen LogP contribution in [0, 0.1) is 6.92 Å². The fraction of sp³-hybridized carbons (Fsp3) is 0.100. The topological polar surface area (TPSA) is 116 Å². The molecule has 2 aromatic carbocycles. The Hall–Kier alpha value is -3.94. The zero-order chi connectivity index (χ0) is 19.7. The molecule has 0 aliphatic rings. The van der Waals surface area contributed by atoms with Gasteiger partial charge in [0.25, 0.3) is 11.8 Å². The summed E-state index contributed by atoms with van der Waals surface area (Å²) < 4.78 is 0. The number of hydrogen-bond donors (Lipinski definition) is 4. The smallest absolute Gasteiger partial charge is 0.276 e. The third-order valence-electron chi connectivity index (χ3n) is 4.33. The lowest BCUT2D eigenvalue weighted by Crippen LogP contribution is -2.21. The predicted octanol–water partition coefficient (Wildman–Crippen LogP) is 2.87. The molecule has 0 saturated carbocycles. The number of carbonyl (C=O) groups is 2. The molecule has 8 nitrogen and oxygen atoms in total. The summed E-state index contributed by atoms with van der Waals surface area (Å²) in [5, 5.41) is 12.0. The van der Waals surface area contributed by atoms with Gasteiger partial charge in [-0.25, -0.2) is 4.98 Å². The molecule has 2 aromatic heterocycles. The molecule has 0 bridgehead atoms. The van der Waals surface area contributed by atoms with Gasteiger partial charge in [0, 0.05) is 18.3 Å². The Morgan fingerprint density at radius 3 is 2.50 bits per heavy atom. The minimum atomic E-state index is -0.410. The molecule has 2 heterocycles. The molecule has 140 valence electrons. The molecule has 4 N–H and O–H groups in total. The minimum absolute atomic E-state index is 0.243. The number of nitrogens with one attached hydrogen (secondary N) is 4. The first-order chi connectivity index (χ1) is 13.5. The van der Waals surface area contributed by atoms with E-state index in [2.05, 4.69) is 30.8 Å². The zero-order valence-corrected chi connectivity index (χ0v) is 15.3. The van der Waals surface area contributed by atoms with Gasteiger partial charge in [0.1, 0.15) is 5.82 Å². The van der Waals surface area contributed by atoms with E-state index in [1.54, 1.807) is 25.1 Å². The lowest BCUT2D eigenvalue weighted by molar-refractivity contribution is 0.0964. The first kappa shape index (κ1) is 17.5. The van der Waals surface area contributed by atoms with Gasteiger partial charge in [-0.15, -0.1) is 0 Å². The van der Waals surface area contributed by atoms with Crippen LogP contribution in [-0.2, 0) is 0 Å². The number of aryl methyl sites for hydroxylation is 1. The van der Waals surface area contributed by atoms with Crippen molar-refractivity contribution in [1.82, 2.24) is 25.5 Å². The van der Waals surface area contributed by atoms with Gasteiger partial charge in [0.05, 0.1) is 22.3 Å². The number of carbonyl (C=O) groups excluding carboxylic acids is 2. The Morgan fingerprint density at radius 2 is 1.82 bits per heavy atom. The third kappa shape index (κ3) is 3.23. The molecule has 4 aromatic rings. The van der Waals surface area contributed by atoms with Crippen LogP contribution in [-0.4, -0.2) is 39.0 Å². The van der Waals surface area contributed by atoms with Crippen LogP contribution in [0.4, 0.5) is 5.69 Å². The molecule has 0 aliphatic carbocycles. The highest BCUT2D eigenvalue weighted by atomic mass is 16.2. The molecular formula is C20H18N6O2. The van der Waals surface area contributed by atoms with Crippen LogP contribution in [0.1, 0.15) is 26.5 Å². The standard InChI is InChI=1S/C20H18N6O2/c1-11-8-17(26-25-11)20(28)24-14-10-16-15(9-13(14)19(27)21-2)22-18(23-16)12-6-4-3-5-7-12/h3-10H,1-2H3,(H,21,27)(H,22,23)(H,24,28)(H,25,26). The minimum Gasteiger partial charge on any atom is -0.355 e. The molecule has 2 amide bonds. The molecule has 4 rings (SSSR count). The van der Waals surface area contributed by atoms with Crippen molar-refractivity contribution in [1.29, 1.82) is 0 Å². The summed E-state index contributed by atoms with van der Waals surface area (Å²) in [5.74, 6) is -0.0381. The van der Waals surface area contributed by atoms with Crippen molar-refractivity contribution in [3.8, 4) is 11.4 Å². The molecule has 0 fully saturated rings. The maximum atomic E-state index is 12.5. The first-order valence-electron chi connectivity index (χ1n) is 8.70. The summed E-state index contributed by atoms with van der Waals surface area (Å²) in [6.07, 6.45) is 0. The Morgan fingerprint density at radius 1 is 1.04 bits per heavy atom. The monoisotopic (exact) mass is 374 g/mol. The first-order valence-corrected chi connectivity index (χ1v) is 8.70. The van der Waals surface area contributed by atoms with Gasteiger partial charge in [-0.1, -0.05) is 30.3 Å². The number of amides is 2. The summed E-state index contributed by atoms with van der Waals surface area (Å²) >= 11 is 0. The van der Waals surface area contributed by atoms with Crippen molar-refractivity contribution in [2.45, 2.75) is 6.92 Å². The SMILES string of the molecule is CNC(=O)c1cc2[nH]c(-c3ccccc3)nc2cc1NC(=O)c1cc(C)[nH]n1. The van der Waals surface area contributed by atoms with Gasteiger partial charge in [-0.05, 0) is 25.1 Å². The Bertz CT molecular complexity index is 1180. The molecule has 28 heavy (non-hydrogen) atoms. The maximum Gasteiger partial charge on any atom is 0.276 e. The number of aromatic nitrogens is 4. The molecule has 0 unspecified atom stereocenters. The number of benzene rings is 2. The Labute approximate surface area is 160 Å². The van der Waals surface area contributed by atoms with Crippen LogP contribution in [0.3, 0.4) is 0 Å². The lowest BCUT2D eigenvalue weighted by Gasteiger charge is -2.09. The number of aromatic amines is 2. The van der Waals surface area contributed by atoms with Crippen molar-refractivity contribution in [3.63, 3.8) is 0 Å². The van der Waals surface area contributed by atoms with Crippen molar-refractivity contribution < 1.29 is 9.59 Å². The van der Waals surface area contributed by atoms with Gasteiger partial charge in [-0.3, -0.25) is 14.7 Å². The summed E-state index contributed by atoms with van der Waals surface area (Å²) in [6, 6.07) is 14.7. The van der Waals surface area contributed by atoms with Gasteiger partial charge in [0.2, 0.25) is 0 Å². The van der Waals surface area contributed by atoms with Gasteiger partial charge >= 0.3 is 0 Å². The summed E-state index contributed by atoms with van der Waals surface area (Å²) in [4.78, 5) is 32.7. The molecule has 0 atom stereocenters. The average Bonchev–Trinajstić information content (AvgIpc) is 3.33. The van der Waals surface area contributed by atoms with Crippen molar-refractivity contribution in [2.24, 2.45) is 0 Å². The average molecular weight is 374 g/mol. The van der Waals surface area contributed by atoms with E-state index in [9.17, 15) is 9.59 Å². The van der Waals surface area contributed by atoms with E-state index < -0.39 is 5.91 Å². The summed E-state index contributed by atoms with van der Waals surface area (Å²) in [6.45, 7) is 1.81. The largest absolute Gasteiger partial charge is 0.355 e. The van der Waals surface area contributed by atoms with E-state index in [1.165, 1.54) is 7.05 Å². The molecule has 0 radical (unpaired) electrons. The summed E-state index contributed by atoms with van der Waals surface area (Å²) in [7, 11) is 1.54. The van der Waals surface area contributed by atoms with Gasteiger partial charge in [0.15, 0.2) is 5.69 Å². The van der Waals surface area contributed by atoms with Crippen LogP contribution in [0.2, 0.25) is 0 Å². The van der Waals surface area contributed by atoms with E-state index in [1.807, 2.05) is 30.3 Å². The Balaban J connectivity index is 1.77. The molecule has 0 aliphatic heterocycles. The fourth-order valence-electron chi connectivity index (χ4n) is 2.94. The van der Waals surface area contributed by atoms with Gasteiger partial charge in [-0.2, -0.15) is 5.10 Å². The van der Waals surface area contributed by atoms with Crippen LogP contribution in [0.5, 0.6) is 0 Å². The van der Waals surface area contributed by atoms with Crippen molar-refractivity contribution in [3.05, 3.63) is 65.5 Å². The summed E-state index contributed by atoms with van der Waals surface area (Å²) in [5.41, 5.74) is 3.98. The number of hydrogen-bond acceptors (Lipinski definition) is 4. The van der Waals surface area contributed by atoms with Crippen LogP contribution < -0.4 is 10.6 Å². The number of imidazole rings is 1. The maximum absolute atomic E-state index is 12.5. The van der Waals surface area contributed by atoms with E-state index in [0.717, 1.165) is 11.3 Å². The number of nitrogens with zero attached hydrogens (tertiary/aromatic N) is 2. The lowest BCUT2D eigenvalue weighted by atomic mass is 10.1. The molecule has 0 saturated heterocycles. The fourth-order valence-corrected chi connectivity index (χ4v) is 2.94. The zero-order valence-electron chi connectivity index (χ0n) is 15.3. The van der Waals surface area contributed by atoms with E-state index in [-0.39, 0.29) is 11.6 Å². The number of H-pyrrole nitrogens is 2. The second-order valence-corrected chi connectivity index (χ2v) is 6.34. The second kappa shape index (κ2) is 6.99. The number of anilines is 1. The van der Waals surface area contributed by atoms with E-state index >= 15 is 0 Å². The highest BCUT2D eigenvalue weighted by molar-refractivity contribution is 6.10. The number of rotatable bonds is 4. The molecule has 0 spiro atoms. The van der Waals surface area contributed by atoms with Gasteiger partial charge < -0.3 is 15.6 Å².